The van der Waals surface area contributed by atoms with Gasteiger partial charge in [-0.15, -0.1) is 10.2 Å². The van der Waals surface area contributed by atoms with E-state index in [0.29, 0.717) is 0 Å². The molecule has 0 fully saturated rings. The van der Waals surface area contributed by atoms with Gasteiger partial charge in [0.1, 0.15) is 17.2 Å². The molecule has 2 heterocycles. The first-order valence-corrected chi connectivity index (χ1v) is 10.4. The second-order valence-electron chi connectivity index (χ2n) is 6.90. The van der Waals surface area contributed by atoms with Gasteiger partial charge in [-0.3, -0.25) is 0 Å². The number of furan rings is 1. The van der Waals surface area contributed by atoms with Crippen molar-refractivity contribution in [3.63, 3.8) is 0 Å². The van der Waals surface area contributed by atoms with E-state index in [2.05, 4.69) is 26.1 Å². The van der Waals surface area contributed by atoms with Crippen molar-refractivity contribution in [3.05, 3.63) is 108 Å². The minimum atomic E-state index is 0.760. The third-order valence-electron chi connectivity index (χ3n) is 4.89. The summed E-state index contributed by atoms with van der Waals surface area (Å²) in [6.45, 7) is 0. The fraction of sp³-hybridized carbons (Fsp3) is 0. The Kier molecular flexibility index (Phi) is 4.99. The molecule has 0 bridgehead atoms. The van der Waals surface area contributed by atoms with Crippen molar-refractivity contribution in [3.8, 4) is 45.2 Å². The molecule has 144 valence electrons. The second-order valence-corrected chi connectivity index (χ2v) is 7.81. The number of benzene rings is 3. The molecular weight excluding hydrogens is 436 g/mol. The Bertz CT molecular complexity index is 1300. The van der Waals surface area contributed by atoms with Crippen LogP contribution in [0, 0.1) is 0 Å². The van der Waals surface area contributed by atoms with E-state index in [9.17, 15) is 0 Å². The minimum absolute atomic E-state index is 0.760. The molecule has 3 aromatic carbocycles. The Morgan fingerprint density at radius 2 is 1.23 bits per heavy atom. The number of nitrogens with zero attached hydrogens (tertiary/aromatic N) is 2. The van der Waals surface area contributed by atoms with E-state index in [1.54, 1.807) is 0 Å². The minimum Gasteiger partial charge on any atom is -0.456 e. The summed E-state index contributed by atoms with van der Waals surface area (Å²) in [7, 11) is 0. The molecule has 30 heavy (non-hydrogen) atoms. The molecule has 0 amide bonds. The standard InChI is InChI=1S/C26H17BrN2O/c27-21-13-7-12-20(16-21)24-14-15-25(30-24)22-17-23(18-8-3-1-4-9-18)28-29-26(22)19-10-5-2-6-11-19/h1-17H. The molecule has 0 aliphatic carbocycles. The van der Waals surface area contributed by atoms with Crippen LogP contribution in [0.5, 0.6) is 0 Å². The lowest BCUT2D eigenvalue weighted by Gasteiger charge is -2.09. The van der Waals surface area contributed by atoms with Crippen LogP contribution in [0.15, 0.2) is 112 Å². The highest BCUT2D eigenvalue weighted by atomic mass is 79.9. The van der Waals surface area contributed by atoms with Crippen LogP contribution in [-0.4, -0.2) is 10.2 Å². The molecule has 0 unspecified atom stereocenters. The molecular formula is C26H17BrN2O. The van der Waals surface area contributed by atoms with Crippen LogP contribution in [0.4, 0.5) is 0 Å². The summed E-state index contributed by atoms with van der Waals surface area (Å²) >= 11 is 3.53. The number of halogens is 1. The molecule has 0 saturated heterocycles. The number of hydrogen-bond donors (Lipinski definition) is 0. The largest absolute Gasteiger partial charge is 0.456 e. The van der Waals surface area contributed by atoms with Gasteiger partial charge in [-0.1, -0.05) is 88.7 Å². The summed E-state index contributed by atoms with van der Waals surface area (Å²) in [5.74, 6) is 1.57. The van der Waals surface area contributed by atoms with Gasteiger partial charge in [0, 0.05) is 26.7 Å². The van der Waals surface area contributed by atoms with Crippen molar-refractivity contribution in [1.82, 2.24) is 10.2 Å². The van der Waals surface area contributed by atoms with Crippen molar-refractivity contribution in [2.45, 2.75) is 0 Å². The SMILES string of the molecule is Brc1cccc(-c2ccc(-c3cc(-c4ccccc4)nnc3-c3ccccc3)o2)c1. The molecule has 0 radical (unpaired) electrons. The molecule has 0 atom stereocenters. The first-order chi connectivity index (χ1) is 14.8. The fourth-order valence-electron chi connectivity index (χ4n) is 3.42. The summed E-state index contributed by atoms with van der Waals surface area (Å²) in [6, 6.07) is 34.2. The Morgan fingerprint density at radius 1 is 0.567 bits per heavy atom. The van der Waals surface area contributed by atoms with E-state index in [4.69, 9.17) is 4.42 Å². The lowest BCUT2D eigenvalue weighted by atomic mass is 10.0. The van der Waals surface area contributed by atoms with E-state index in [1.807, 2.05) is 103 Å². The molecule has 5 aromatic rings. The second kappa shape index (κ2) is 8.09. The predicted octanol–water partition coefficient (Wildman–Crippen LogP) is 7.50. The monoisotopic (exact) mass is 452 g/mol. The third-order valence-corrected chi connectivity index (χ3v) is 5.38. The van der Waals surface area contributed by atoms with Crippen molar-refractivity contribution in [2.24, 2.45) is 0 Å². The molecule has 0 saturated carbocycles. The van der Waals surface area contributed by atoms with E-state index in [0.717, 1.165) is 49.6 Å². The molecule has 0 aliphatic rings. The first-order valence-electron chi connectivity index (χ1n) is 9.63. The summed E-state index contributed by atoms with van der Waals surface area (Å²) in [5, 5.41) is 9.07. The Hall–Kier alpha value is -3.50. The van der Waals surface area contributed by atoms with E-state index in [-0.39, 0.29) is 0 Å². The van der Waals surface area contributed by atoms with Gasteiger partial charge in [0.25, 0.3) is 0 Å². The number of hydrogen-bond acceptors (Lipinski definition) is 3. The summed E-state index contributed by atoms with van der Waals surface area (Å²) < 4.78 is 7.29. The van der Waals surface area contributed by atoms with Gasteiger partial charge in [-0.2, -0.15) is 0 Å². The molecule has 2 aromatic heterocycles. The van der Waals surface area contributed by atoms with Crippen LogP contribution in [-0.2, 0) is 0 Å². The van der Waals surface area contributed by atoms with Crippen molar-refractivity contribution >= 4 is 15.9 Å². The maximum absolute atomic E-state index is 6.28. The van der Waals surface area contributed by atoms with Gasteiger partial charge in [-0.25, -0.2) is 0 Å². The molecule has 0 N–H and O–H groups in total. The molecule has 3 nitrogen and oxygen atoms in total. The molecule has 5 rings (SSSR count). The van der Waals surface area contributed by atoms with Gasteiger partial charge in [-0.05, 0) is 30.3 Å². The Morgan fingerprint density at radius 3 is 1.97 bits per heavy atom. The summed E-state index contributed by atoms with van der Waals surface area (Å²) in [4.78, 5) is 0. The third kappa shape index (κ3) is 3.70. The zero-order chi connectivity index (χ0) is 20.3. The normalized spacial score (nSPS) is 10.8. The summed E-state index contributed by atoms with van der Waals surface area (Å²) in [6.07, 6.45) is 0. The highest BCUT2D eigenvalue weighted by Crippen LogP contribution is 2.36. The molecule has 0 aliphatic heterocycles. The van der Waals surface area contributed by atoms with Crippen LogP contribution in [0.3, 0.4) is 0 Å². The maximum Gasteiger partial charge on any atom is 0.137 e. The van der Waals surface area contributed by atoms with Gasteiger partial charge in [0.05, 0.1) is 5.69 Å². The predicted molar refractivity (Wildman–Crippen MR) is 124 cm³/mol. The lowest BCUT2D eigenvalue weighted by Crippen LogP contribution is -1.95. The van der Waals surface area contributed by atoms with Crippen LogP contribution < -0.4 is 0 Å². The van der Waals surface area contributed by atoms with Crippen molar-refractivity contribution in [2.75, 3.05) is 0 Å². The molecule has 4 heteroatoms. The maximum atomic E-state index is 6.28. The van der Waals surface area contributed by atoms with Gasteiger partial charge >= 0.3 is 0 Å². The number of rotatable bonds is 4. The van der Waals surface area contributed by atoms with E-state index >= 15 is 0 Å². The van der Waals surface area contributed by atoms with Gasteiger partial charge in [0.2, 0.25) is 0 Å². The smallest absolute Gasteiger partial charge is 0.137 e. The van der Waals surface area contributed by atoms with Crippen LogP contribution in [0.1, 0.15) is 0 Å². The quantitative estimate of drug-likeness (QED) is 0.283. The average molecular weight is 453 g/mol. The topological polar surface area (TPSA) is 38.9 Å². The molecule has 0 spiro atoms. The average Bonchev–Trinajstić information content (AvgIpc) is 3.30. The highest BCUT2D eigenvalue weighted by molar-refractivity contribution is 9.10. The van der Waals surface area contributed by atoms with Crippen LogP contribution >= 0.6 is 15.9 Å². The van der Waals surface area contributed by atoms with Crippen LogP contribution in [0.25, 0.3) is 45.2 Å². The van der Waals surface area contributed by atoms with E-state index in [1.165, 1.54) is 0 Å². The Balaban J connectivity index is 1.65. The zero-order valence-corrected chi connectivity index (χ0v) is 17.6. The first kappa shape index (κ1) is 18.5. The van der Waals surface area contributed by atoms with E-state index < -0.39 is 0 Å². The number of aromatic nitrogens is 2. The van der Waals surface area contributed by atoms with Gasteiger partial charge < -0.3 is 4.42 Å². The van der Waals surface area contributed by atoms with Gasteiger partial charge in [0.15, 0.2) is 0 Å². The van der Waals surface area contributed by atoms with Crippen LogP contribution in [0.2, 0.25) is 0 Å². The Labute approximate surface area is 183 Å². The fourth-order valence-corrected chi connectivity index (χ4v) is 3.82. The van der Waals surface area contributed by atoms with Crippen molar-refractivity contribution < 1.29 is 4.42 Å². The van der Waals surface area contributed by atoms with Crippen molar-refractivity contribution in [1.29, 1.82) is 0 Å². The highest BCUT2D eigenvalue weighted by Gasteiger charge is 2.16. The lowest BCUT2D eigenvalue weighted by molar-refractivity contribution is 0.597. The summed E-state index contributed by atoms with van der Waals surface area (Å²) in [5.41, 5.74) is 5.55. The zero-order valence-electron chi connectivity index (χ0n) is 16.0.